The molecule has 3 heterocycles. The molecule has 2 fully saturated rings. The smallest absolute Gasteiger partial charge is 0.145 e. The average Bonchev–Trinajstić information content (AvgIpc) is 3.04. The molecular formula is C35H41ClFN5O3. The summed E-state index contributed by atoms with van der Waals surface area (Å²) in [5.41, 5.74) is 2.20. The van der Waals surface area contributed by atoms with E-state index in [9.17, 15) is 4.39 Å². The van der Waals surface area contributed by atoms with Crippen molar-refractivity contribution in [2.75, 3.05) is 51.7 Å². The Morgan fingerprint density at radius 2 is 1.78 bits per heavy atom. The molecule has 8 nitrogen and oxygen atoms in total. The van der Waals surface area contributed by atoms with Crippen molar-refractivity contribution in [3.63, 3.8) is 0 Å². The molecule has 0 amide bonds. The summed E-state index contributed by atoms with van der Waals surface area (Å²) in [5, 5.41) is 4.63. The minimum absolute atomic E-state index is 0.0933. The first kappa shape index (κ1) is 31.3. The fraction of sp³-hybridized carbons (Fsp3) is 0.429. The summed E-state index contributed by atoms with van der Waals surface area (Å²) in [7, 11) is 2.14. The number of ether oxygens (including phenoxy) is 3. The van der Waals surface area contributed by atoms with Crippen LogP contribution in [0.15, 0.2) is 60.9 Å². The van der Waals surface area contributed by atoms with Gasteiger partial charge in [-0.25, -0.2) is 14.4 Å². The van der Waals surface area contributed by atoms with E-state index in [1.54, 1.807) is 24.5 Å². The van der Waals surface area contributed by atoms with Crippen LogP contribution >= 0.6 is 11.6 Å². The highest BCUT2D eigenvalue weighted by atomic mass is 35.5. The molecule has 1 N–H and O–H groups in total. The molecule has 0 spiro atoms. The molecule has 4 aromatic rings. The molecule has 0 saturated carbocycles. The predicted molar refractivity (Wildman–Crippen MR) is 177 cm³/mol. The third kappa shape index (κ3) is 8.54. The lowest BCUT2D eigenvalue weighted by atomic mass is 10.1. The number of likely N-dealkylation sites (tertiary alicyclic amines) is 2. The normalized spacial score (nSPS) is 16.5. The van der Waals surface area contributed by atoms with Crippen LogP contribution in [0.3, 0.4) is 0 Å². The lowest BCUT2D eigenvalue weighted by Gasteiger charge is -2.30. The molecular weight excluding hydrogens is 593 g/mol. The van der Waals surface area contributed by atoms with Crippen LogP contribution in [0, 0.1) is 5.82 Å². The summed E-state index contributed by atoms with van der Waals surface area (Å²) < 4.78 is 32.3. The lowest BCUT2D eigenvalue weighted by Crippen LogP contribution is -2.35. The van der Waals surface area contributed by atoms with Gasteiger partial charge in [-0.2, -0.15) is 0 Å². The SMILES string of the molecule is CN1CCC(Oc2cc(OCCCN3CCCCC3)cc3ncnc(Nc4ccc(OCc5cccc(F)c5)c(Cl)c4)c23)CC1. The molecule has 0 radical (unpaired) electrons. The molecule has 0 bridgehead atoms. The van der Waals surface area contributed by atoms with E-state index in [4.69, 9.17) is 25.8 Å². The second-order valence-electron chi connectivity index (χ2n) is 12.0. The van der Waals surface area contributed by atoms with E-state index in [0.717, 1.165) is 66.8 Å². The van der Waals surface area contributed by atoms with Gasteiger partial charge in [-0.3, -0.25) is 0 Å². The van der Waals surface area contributed by atoms with Crippen molar-refractivity contribution in [3.8, 4) is 17.2 Å². The molecule has 0 unspecified atom stereocenters. The molecule has 2 aliphatic heterocycles. The van der Waals surface area contributed by atoms with E-state index in [0.29, 0.717) is 28.9 Å². The Labute approximate surface area is 269 Å². The fourth-order valence-corrected chi connectivity index (χ4v) is 6.20. The maximum Gasteiger partial charge on any atom is 0.145 e. The minimum Gasteiger partial charge on any atom is -0.493 e. The van der Waals surface area contributed by atoms with Crippen LogP contribution in [-0.2, 0) is 6.61 Å². The number of hydrogen-bond donors (Lipinski definition) is 1. The van der Waals surface area contributed by atoms with Gasteiger partial charge in [-0.1, -0.05) is 30.2 Å². The Morgan fingerprint density at radius 3 is 2.58 bits per heavy atom. The zero-order chi connectivity index (χ0) is 31.0. The van der Waals surface area contributed by atoms with Gasteiger partial charge in [0.1, 0.15) is 47.9 Å². The first-order valence-electron chi connectivity index (χ1n) is 15.9. The van der Waals surface area contributed by atoms with Crippen molar-refractivity contribution < 1.29 is 18.6 Å². The Kier molecular flexibility index (Phi) is 10.5. The fourth-order valence-electron chi connectivity index (χ4n) is 5.96. The number of fused-ring (bicyclic) bond motifs is 1. The summed E-state index contributed by atoms with van der Waals surface area (Å²) in [6.07, 6.45) is 8.43. The van der Waals surface area contributed by atoms with Crippen LogP contribution in [-0.4, -0.2) is 72.3 Å². The highest BCUT2D eigenvalue weighted by Gasteiger charge is 2.22. The van der Waals surface area contributed by atoms with Gasteiger partial charge in [0, 0.05) is 37.5 Å². The van der Waals surface area contributed by atoms with Crippen molar-refractivity contribution >= 4 is 34.0 Å². The minimum atomic E-state index is -0.301. The predicted octanol–water partition coefficient (Wildman–Crippen LogP) is 7.47. The molecule has 1 aromatic heterocycles. The Bertz CT molecular complexity index is 1580. The first-order valence-corrected chi connectivity index (χ1v) is 16.3. The third-order valence-corrected chi connectivity index (χ3v) is 8.74. The van der Waals surface area contributed by atoms with E-state index < -0.39 is 0 Å². The molecule has 6 rings (SSSR count). The summed E-state index contributed by atoms with van der Waals surface area (Å²) in [6.45, 7) is 6.26. The molecule has 45 heavy (non-hydrogen) atoms. The third-order valence-electron chi connectivity index (χ3n) is 8.45. The van der Waals surface area contributed by atoms with Crippen molar-refractivity contribution in [1.29, 1.82) is 0 Å². The van der Waals surface area contributed by atoms with Gasteiger partial charge in [0.15, 0.2) is 0 Å². The number of aromatic nitrogens is 2. The van der Waals surface area contributed by atoms with Crippen molar-refractivity contribution in [2.24, 2.45) is 0 Å². The molecule has 0 aliphatic carbocycles. The number of rotatable bonds is 12. The molecule has 0 atom stereocenters. The van der Waals surface area contributed by atoms with Crippen molar-refractivity contribution in [1.82, 2.24) is 19.8 Å². The van der Waals surface area contributed by atoms with Crippen LogP contribution in [0.1, 0.15) is 44.1 Å². The van der Waals surface area contributed by atoms with Gasteiger partial charge in [0.25, 0.3) is 0 Å². The Morgan fingerprint density at radius 1 is 0.933 bits per heavy atom. The lowest BCUT2D eigenvalue weighted by molar-refractivity contribution is 0.115. The number of anilines is 2. The number of hydrogen-bond acceptors (Lipinski definition) is 8. The van der Waals surface area contributed by atoms with Crippen LogP contribution in [0.25, 0.3) is 10.9 Å². The number of piperidine rings is 2. The summed E-state index contributed by atoms with van der Waals surface area (Å²) in [5.74, 6) is 2.27. The van der Waals surface area contributed by atoms with E-state index in [1.165, 1.54) is 44.5 Å². The van der Waals surface area contributed by atoms with Gasteiger partial charge in [0.2, 0.25) is 0 Å². The number of nitrogens with zero attached hydrogens (tertiary/aromatic N) is 4. The standard InChI is InChI=1S/C35H41ClFN5O3/c1-41-16-11-28(12-17-41)45-33-22-29(43-18-6-15-42-13-3-2-4-14-42)21-31-34(33)35(39-24-38-31)40-27-9-10-32(30(36)20-27)44-23-25-7-5-8-26(37)19-25/h5,7-10,19-22,24,28H,2-4,6,11-18,23H2,1H3,(H,38,39,40). The average molecular weight is 634 g/mol. The van der Waals surface area contributed by atoms with E-state index in [2.05, 4.69) is 32.1 Å². The highest BCUT2D eigenvalue weighted by molar-refractivity contribution is 6.32. The Balaban J connectivity index is 1.19. The van der Waals surface area contributed by atoms with Crippen LogP contribution in [0.5, 0.6) is 17.2 Å². The summed E-state index contributed by atoms with van der Waals surface area (Å²) in [6, 6.07) is 15.7. The summed E-state index contributed by atoms with van der Waals surface area (Å²) >= 11 is 6.59. The van der Waals surface area contributed by atoms with E-state index in [-0.39, 0.29) is 18.5 Å². The van der Waals surface area contributed by atoms with E-state index in [1.807, 2.05) is 24.3 Å². The topological polar surface area (TPSA) is 72.0 Å². The van der Waals surface area contributed by atoms with Gasteiger partial charge >= 0.3 is 0 Å². The zero-order valence-corrected chi connectivity index (χ0v) is 26.6. The van der Waals surface area contributed by atoms with Crippen LogP contribution in [0.2, 0.25) is 5.02 Å². The number of halogens is 2. The van der Waals surface area contributed by atoms with Crippen molar-refractivity contribution in [2.45, 2.75) is 51.2 Å². The second-order valence-corrected chi connectivity index (χ2v) is 12.4. The molecule has 2 aliphatic rings. The molecule has 10 heteroatoms. The quantitative estimate of drug-likeness (QED) is 0.161. The Hall–Kier alpha value is -3.66. The van der Waals surface area contributed by atoms with E-state index >= 15 is 0 Å². The second kappa shape index (κ2) is 15.1. The summed E-state index contributed by atoms with van der Waals surface area (Å²) in [4.78, 5) is 14.1. The maximum absolute atomic E-state index is 13.6. The van der Waals surface area contributed by atoms with Gasteiger partial charge in [0.05, 0.1) is 22.5 Å². The first-order chi connectivity index (χ1) is 22.0. The highest BCUT2D eigenvalue weighted by Crippen LogP contribution is 2.38. The van der Waals surface area contributed by atoms with Crippen molar-refractivity contribution in [3.05, 3.63) is 77.3 Å². The number of nitrogens with one attached hydrogen (secondary N) is 1. The molecule has 238 valence electrons. The van der Waals surface area contributed by atoms with Gasteiger partial charge in [-0.05, 0) is 88.1 Å². The van der Waals surface area contributed by atoms with Gasteiger partial charge < -0.3 is 29.3 Å². The molecule has 3 aromatic carbocycles. The van der Waals surface area contributed by atoms with Crippen LogP contribution < -0.4 is 19.5 Å². The number of benzene rings is 3. The van der Waals surface area contributed by atoms with Gasteiger partial charge in [-0.15, -0.1) is 0 Å². The monoisotopic (exact) mass is 633 g/mol. The molecule has 2 saturated heterocycles. The maximum atomic E-state index is 13.6. The van der Waals surface area contributed by atoms with Crippen LogP contribution in [0.4, 0.5) is 15.9 Å². The zero-order valence-electron chi connectivity index (χ0n) is 25.8. The largest absolute Gasteiger partial charge is 0.493 e.